The van der Waals surface area contributed by atoms with E-state index in [0.717, 1.165) is 10.5 Å². The number of nitrogens with zero attached hydrogens (tertiary/aromatic N) is 2. The third-order valence-electron chi connectivity index (χ3n) is 3.18. The molecule has 0 N–H and O–H groups in total. The van der Waals surface area contributed by atoms with Crippen LogP contribution in [0.3, 0.4) is 0 Å². The summed E-state index contributed by atoms with van der Waals surface area (Å²) in [5.74, 6) is -1.01. The highest BCUT2D eigenvalue weighted by molar-refractivity contribution is 6.07. The van der Waals surface area contributed by atoms with E-state index in [4.69, 9.17) is 5.26 Å². The van der Waals surface area contributed by atoms with Crippen molar-refractivity contribution in [2.24, 2.45) is 0 Å². The molecule has 1 saturated heterocycles. The van der Waals surface area contributed by atoms with Crippen molar-refractivity contribution in [1.29, 1.82) is 5.26 Å². The van der Waals surface area contributed by atoms with Gasteiger partial charge >= 0.3 is 0 Å². The maximum Gasteiger partial charge on any atom is 0.238 e. The Balaban J connectivity index is 2.34. The summed E-state index contributed by atoms with van der Waals surface area (Å²) in [4.78, 5) is 25.3. The van der Waals surface area contributed by atoms with E-state index in [-0.39, 0.29) is 18.2 Å². The van der Waals surface area contributed by atoms with E-state index < -0.39 is 11.5 Å². The lowest BCUT2D eigenvalue weighted by Crippen LogP contribution is -2.46. The van der Waals surface area contributed by atoms with Gasteiger partial charge in [-0.25, -0.2) is 0 Å². The van der Waals surface area contributed by atoms with Crippen LogP contribution in [0.2, 0.25) is 0 Å². The number of imide groups is 1. The Morgan fingerprint density at radius 1 is 1.28 bits per heavy atom. The van der Waals surface area contributed by atoms with Gasteiger partial charge in [-0.2, -0.15) is 5.26 Å². The Labute approximate surface area is 106 Å². The molecule has 18 heavy (non-hydrogen) atoms. The zero-order valence-electron chi connectivity index (χ0n) is 10.4. The third kappa shape index (κ3) is 1.88. The summed E-state index contributed by atoms with van der Waals surface area (Å²) >= 11 is 0. The molecule has 0 bridgehead atoms. The maximum atomic E-state index is 12.3. The highest BCUT2D eigenvalue weighted by Gasteiger charge is 2.46. The predicted molar refractivity (Wildman–Crippen MR) is 65.3 cm³/mol. The van der Waals surface area contributed by atoms with Crippen molar-refractivity contribution >= 4 is 11.8 Å². The highest BCUT2D eigenvalue weighted by Crippen LogP contribution is 2.33. The highest BCUT2D eigenvalue weighted by atomic mass is 16.2. The van der Waals surface area contributed by atoms with Crippen LogP contribution in [0.15, 0.2) is 30.3 Å². The van der Waals surface area contributed by atoms with Crippen LogP contribution in [-0.4, -0.2) is 22.3 Å². The number of rotatable bonds is 2. The van der Waals surface area contributed by atoms with Gasteiger partial charge in [-0.05, 0) is 19.4 Å². The maximum absolute atomic E-state index is 12.3. The average molecular weight is 242 g/mol. The first-order chi connectivity index (χ1) is 8.47. The number of nitriles is 1. The van der Waals surface area contributed by atoms with Crippen LogP contribution < -0.4 is 0 Å². The van der Waals surface area contributed by atoms with E-state index in [0.29, 0.717) is 0 Å². The second-order valence-corrected chi connectivity index (χ2v) is 4.91. The summed E-state index contributed by atoms with van der Waals surface area (Å²) in [7, 11) is 0. The molecule has 0 aromatic heterocycles. The van der Waals surface area contributed by atoms with Crippen molar-refractivity contribution in [3.05, 3.63) is 35.9 Å². The molecule has 2 amide bonds. The molecule has 2 rings (SSSR count). The second kappa shape index (κ2) is 4.26. The molecule has 1 heterocycles. The number of benzene rings is 1. The van der Waals surface area contributed by atoms with Crippen LogP contribution in [0.4, 0.5) is 0 Å². The molecular weight excluding hydrogens is 228 g/mol. The van der Waals surface area contributed by atoms with Gasteiger partial charge in [0.25, 0.3) is 0 Å². The molecular formula is C14H14N2O2. The van der Waals surface area contributed by atoms with Crippen molar-refractivity contribution in [3.63, 3.8) is 0 Å². The van der Waals surface area contributed by atoms with Gasteiger partial charge < -0.3 is 0 Å². The Morgan fingerprint density at radius 3 is 2.44 bits per heavy atom. The van der Waals surface area contributed by atoms with Crippen molar-refractivity contribution in [2.45, 2.75) is 31.7 Å². The number of amides is 2. The van der Waals surface area contributed by atoms with E-state index in [1.807, 2.05) is 36.4 Å². The Bertz CT molecular complexity index is 528. The summed E-state index contributed by atoms with van der Waals surface area (Å²) in [6.45, 7) is 3.16. The van der Waals surface area contributed by atoms with Gasteiger partial charge in [0.1, 0.15) is 5.54 Å². The summed E-state index contributed by atoms with van der Waals surface area (Å²) in [5, 5.41) is 9.05. The average Bonchev–Trinajstić information content (AvgIpc) is 2.66. The molecule has 0 saturated carbocycles. The molecule has 0 aliphatic carbocycles. The molecule has 1 aromatic rings. The minimum Gasteiger partial charge on any atom is -0.274 e. The normalized spacial score (nSPS) is 20.1. The lowest BCUT2D eigenvalue weighted by atomic mass is 9.97. The molecule has 1 fully saturated rings. The number of carbonyl (C=O) groups is 2. The third-order valence-corrected chi connectivity index (χ3v) is 3.18. The summed E-state index contributed by atoms with van der Waals surface area (Å²) in [5.41, 5.74) is -0.260. The molecule has 1 aromatic carbocycles. The van der Waals surface area contributed by atoms with Gasteiger partial charge in [0.2, 0.25) is 11.8 Å². The van der Waals surface area contributed by atoms with Crippen molar-refractivity contribution in [3.8, 4) is 6.07 Å². The van der Waals surface area contributed by atoms with Crippen molar-refractivity contribution in [2.75, 3.05) is 0 Å². The van der Waals surface area contributed by atoms with E-state index in [1.165, 1.54) is 0 Å². The van der Waals surface area contributed by atoms with E-state index >= 15 is 0 Å². The molecule has 4 nitrogen and oxygen atoms in total. The minimum atomic E-state index is -1.09. The number of hydrogen-bond donors (Lipinski definition) is 0. The van der Waals surface area contributed by atoms with E-state index in [9.17, 15) is 9.59 Å². The quantitative estimate of drug-likeness (QED) is 0.743. The number of hydrogen-bond acceptors (Lipinski definition) is 3. The minimum absolute atomic E-state index is 0.147. The molecule has 1 aliphatic rings. The zero-order chi connectivity index (χ0) is 13.3. The van der Waals surface area contributed by atoms with E-state index in [2.05, 4.69) is 0 Å². The van der Waals surface area contributed by atoms with Gasteiger partial charge in [-0.15, -0.1) is 0 Å². The molecule has 1 unspecified atom stereocenters. The molecule has 0 spiro atoms. The predicted octanol–water partition coefficient (Wildman–Crippen LogP) is 1.83. The van der Waals surface area contributed by atoms with Gasteiger partial charge in [-0.1, -0.05) is 30.3 Å². The lowest BCUT2D eigenvalue weighted by molar-refractivity contribution is -0.142. The first kappa shape index (κ1) is 12.3. The van der Waals surface area contributed by atoms with Crippen LogP contribution in [0, 0.1) is 11.3 Å². The summed E-state index contributed by atoms with van der Waals surface area (Å²) in [6.07, 6.45) is 0.147. The zero-order valence-corrected chi connectivity index (χ0v) is 10.4. The Hall–Kier alpha value is -2.15. The molecule has 4 heteroatoms. The van der Waals surface area contributed by atoms with Crippen molar-refractivity contribution in [1.82, 2.24) is 4.90 Å². The smallest absolute Gasteiger partial charge is 0.238 e. The van der Waals surface area contributed by atoms with Crippen molar-refractivity contribution < 1.29 is 9.59 Å². The summed E-state index contributed by atoms with van der Waals surface area (Å²) < 4.78 is 0. The molecule has 92 valence electrons. The van der Waals surface area contributed by atoms with Gasteiger partial charge in [0.05, 0.1) is 12.0 Å². The molecule has 0 radical (unpaired) electrons. The fourth-order valence-corrected chi connectivity index (χ4v) is 2.21. The molecule has 1 aliphatic heterocycles. The summed E-state index contributed by atoms with van der Waals surface area (Å²) in [6, 6.07) is 11.2. The van der Waals surface area contributed by atoms with E-state index in [1.54, 1.807) is 13.8 Å². The van der Waals surface area contributed by atoms with Crippen LogP contribution in [0.1, 0.15) is 31.7 Å². The first-order valence-corrected chi connectivity index (χ1v) is 5.80. The Morgan fingerprint density at radius 2 is 1.89 bits per heavy atom. The SMILES string of the molecule is CC(C)(C#N)N1C(=O)CC(c2ccccc2)C1=O. The largest absolute Gasteiger partial charge is 0.274 e. The monoisotopic (exact) mass is 242 g/mol. The topological polar surface area (TPSA) is 61.2 Å². The van der Waals surface area contributed by atoms with Crippen LogP contribution >= 0.6 is 0 Å². The Kier molecular flexibility index (Phi) is 2.92. The molecule has 1 atom stereocenters. The first-order valence-electron chi connectivity index (χ1n) is 5.80. The second-order valence-electron chi connectivity index (χ2n) is 4.91. The number of likely N-dealkylation sites (tertiary alicyclic amines) is 1. The number of carbonyl (C=O) groups excluding carboxylic acids is 2. The van der Waals surface area contributed by atoms with Crippen LogP contribution in [0.5, 0.6) is 0 Å². The fraction of sp³-hybridized carbons (Fsp3) is 0.357. The van der Waals surface area contributed by atoms with Gasteiger partial charge in [0.15, 0.2) is 0 Å². The lowest BCUT2D eigenvalue weighted by Gasteiger charge is -2.27. The fourth-order valence-electron chi connectivity index (χ4n) is 2.21. The van der Waals surface area contributed by atoms with Crippen LogP contribution in [0.25, 0.3) is 0 Å². The van der Waals surface area contributed by atoms with Crippen LogP contribution in [-0.2, 0) is 9.59 Å². The van der Waals surface area contributed by atoms with Gasteiger partial charge in [-0.3, -0.25) is 14.5 Å². The van der Waals surface area contributed by atoms with Gasteiger partial charge in [0, 0.05) is 6.42 Å². The standard InChI is InChI=1S/C14H14N2O2/c1-14(2,9-15)16-12(17)8-11(13(16)18)10-6-4-3-5-7-10/h3-7,11H,8H2,1-2H3.